The van der Waals surface area contributed by atoms with Gasteiger partial charge < -0.3 is 16.2 Å². The zero-order valence-corrected chi connectivity index (χ0v) is 13.1. The molecule has 0 saturated carbocycles. The molecule has 0 fully saturated rings. The van der Waals surface area contributed by atoms with E-state index in [9.17, 15) is 14.0 Å². The van der Waals surface area contributed by atoms with Gasteiger partial charge in [-0.1, -0.05) is 6.92 Å². The third-order valence-corrected chi connectivity index (χ3v) is 3.56. The van der Waals surface area contributed by atoms with Crippen LogP contribution in [0.25, 0.3) is 11.1 Å². The molecule has 1 amide bonds. The molecule has 24 heavy (non-hydrogen) atoms. The maximum atomic E-state index is 13.9. The first-order valence-electron chi connectivity index (χ1n) is 7.42. The molecule has 0 aliphatic rings. The molecule has 1 aromatic carbocycles. The summed E-state index contributed by atoms with van der Waals surface area (Å²) in [6.07, 6.45) is 4.02. The fourth-order valence-electron chi connectivity index (χ4n) is 2.26. The first-order chi connectivity index (χ1) is 11.4. The fourth-order valence-corrected chi connectivity index (χ4v) is 2.26. The van der Waals surface area contributed by atoms with E-state index < -0.39 is 23.7 Å². The van der Waals surface area contributed by atoms with Gasteiger partial charge >= 0.3 is 5.97 Å². The first kappa shape index (κ1) is 17.6. The highest BCUT2D eigenvalue weighted by Crippen LogP contribution is 2.25. The van der Waals surface area contributed by atoms with Gasteiger partial charge in [0.1, 0.15) is 11.9 Å². The van der Waals surface area contributed by atoms with Crippen molar-refractivity contribution in [1.82, 2.24) is 10.3 Å². The number of carboxylic acids is 1. The van der Waals surface area contributed by atoms with Crippen LogP contribution in [0.2, 0.25) is 0 Å². The molecular weight excluding hydrogens is 313 g/mol. The smallest absolute Gasteiger partial charge is 0.322 e. The van der Waals surface area contributed by atoms with E-state index in [1.807, 2.05) is 13.0 Å². The molecule has 0 aliphatic heterocycles. The largest absolute Gasteiger partial charge is 0.480 e. The lowest BCUT2D eigenvalue weighted by atomic mass is 9.98. The van der Waals surface area contributed by atoms with Crippen LogP contribution in [0.1, 0.15) is 22.8 Å². The summed E-state index contributed by atoms with van der Waals surface area (Å²) in [4.78, 5) is 26.8. The van der Waals surface area contributed by atoms with Gasteiger partial charge in [0.25, 0.3) is 5.91 Å². The highest BCUT2D eigenvalue weighted by Gasteiger charge is 2.15. The number of benzene rings is 1. The molecule has 1 atom stereocenters. The molecule has 2 rings (SSSR count). The van der Waals surface area contributed by atoms with Crippen LogP contribution in [0.15, 0.2) is 36.7 Å². The summed E-state index contributed by atoms with van der Waals surface area (Å²) in [6, 6.07) is 4.59. The Morgan fingerprint density at radius 2 is 2.12 bits per heavy atom. The summed E-state index contributed by atoms with van der Waals surface area (Å²) >= 11 is 0. The number of nitrogens with zero attached hydrogens (tertiary/aromatic N) is 1. The first-order valence-corrected chi connectivity index (χ1v) is 7.42. The van der Waals surface area contributed by atoms with Gasteiger partial charge in [0.05, 0.1) is 0 Å². The number of aliphatic carboxylic acids is 1. The Kier molecular flexibility index (Phi) is 5.59. The van der Waals surface area contributed by atoms with Crippen LogP contribution in [0, 0.1) is 5.82 Å². The highest BCUT2D eigenvalue weighted by atomic mass is 19.1. The van der Waals surface area contributed by atoms with Crippen molar-refractivity contribution in [2.24, 2.45) is 5.73 Å². The predicted octanol–water partition coefficient (Wildman–Crippen LogP) is 1.59. The summed E-state index contributed by atoms with van der Waals surface area (Å²) in [7, 11) is 0. The van der Waals surface area contributed by atoms with Crippen molar-refractivity contribution in [2.45, 2.75) is 19.4 Å². The molecule has 4 N–H and O–H groups in total. The van der Waals surface area contributed by atoms with Gasteiger partial charge in [0, 0.05) is 30.1 Å². The average Bonchev–Trinajstić information content (AvgIpc) is 2.58. The lowest BCUT2D eigenvalue weighted by Gasteiger charge is -2.11. The summed E-state index contributed by atoms with van der Waals surface area (Å²) in [5, 5.41) is 11.1. The molecule has 0 unspecified atom stereocenters. The minimum Gasteiger partial charge on any atom is -0.480 e. The number of pyridine rings is 1. The maximum Gasteiger partial charge on any atom is 0.322 e. The van der Waals surface area contributed by atoms with Crippen LogP contribution >= 0.6 is 0 Å². The number of hydrogen-bond acceptors (Lipinski definition) is 4. The van der Waals surface area contributed by atoms with Crippen LogP contribution in [0.3, 0.4) is 0 Å². The van der Waals surface area contributed by atoms with Gasteiger partial charge in [-0.05, 0) is 41.8 Å². The van der Waals surface area contributed by atoms with E-state index in [-0.39, 0.29) is 12.1 Å². The Bertz CT molecular complexity index is 764. The quantitative estimate of drug-likeness (QED) is 0.745. The van der Waals surface area contributed by atoms with Crippen molar-refractivity contribution in [2.75, 3.05) is 6.54 Å². The number of hydrogen-bond donors (Lipinski definition) is 3. The van der Waals surface area contributed by atoms with Gasteiger partial charge in [-0.2, -0.15) is 0 Å². The maximum absolute atomic E-state index is 13.9. The van der Waals surface area contributed by atoms with Crippen molar-refractivity contribution in [3.63, 3.8) is 0 Å². The van der Waals surface area contributed by atoms with Crippen molar-refractivity contribution in [1.29, 1.82) is 0 Å². The summed E-state index contributed by atoms with van der Waals surface area (Å²) in [5.41, 5.74) is 7.69. The van der Waals surface area contributed by atoms with E-state index in [0.717, 1.165) is 23.6 Å². The van der Waals surface area contributed by atoms with Gasteiger partial charge in [0.2, 0.25) is 0 Å². The fraction of sp³-hybridized carbons (Fsp3) is 0.235. The number of rotatable bonds is 6. The van der Waals surface area contributed by atoms with Crippen molar-refractivity contribution >= 4 is 11.9 Å². The number of carboxylic acid groups (broad SMARTS) is 1. The van der Waals surface area contributed by atoms with Crippen LogP contribution in [0.4, 0.5) is 4.39 Å². The summed E-state index contributed by atoms with van der Waals surface area (Å²) < 4.78 is 13.9. The second-order valence-electron chi connectivity index (χ2n) is 5.27. The monoisotopic (exact) mass is 331 g/mol. The van der Waals surface area contributed by atoms with Gasteiger partial charge in [-0.3, -0.25) is 14.6 Å². The molecule has 6 nitrogen and oxygen atoms in total. The third-order valence-electron chi connectivity index (χ3n) is 3.56. The predicted molar refractivity (Wildman–Crippen MR) is 87.0 cm³/mol. The van der Waals surface area contributed by atoms with E-state index >= 15 is 0 Å². The van der Waals surface area contributed by atoms with Gasteiger partial charge in [0.15, 0.2) is 0 Å². The molecule has 0 bridgehead atoms. The zero-order valence-electron chi connectivity index (χ0n) is 13.1. The molecule has 0 spiro atoms. The van der Waals surface area contributed by atoms with Gasteiger partial charge in [-0.25, -0.2) is 4.39 Å². The van der Waals surface area contributed by atoms with E-state index in [1.165, 1.54) is 6.07 Å². The van der Waals surface area contributed by atoms with Crippen molar-refractivity contribution in [3.8, 4) is 11.1 Å². The average molecular weight is 331 g/mol. The number of halogens is 1. The SMILES string of the molecule is CCc1ccncc1-c1cc(F)cc(C(=O)NC[C@@H](N)C(=O)O)c1. The Balaban J connectivity index is 2.28. The van der Waals surface area contributed by atoms with Crippen LogP contribution in [0.5, 0.6) is 0 Å². The van der Waals surface area contributed by atoms with Crippen LogP contribution in [-0.4, -0.2) is 34.6 Å². The summed E-state index contributed by atoms with van der Waals surface area (Å²) in [6.45, 7) is 1.73. The van der Waals surface area contributed by atoms with Gasteiger partial charge in [-0.15, -0.1) is 0 Å². The normalized spacial score (nSPS) is 11.8. The van der Waals surface area contributed by atoms with Crippen LogP contribution < -0.4 is 11.1 Å². The Labute approximate surface area is 138 Å². The number of carbonyl (C=O) groups is 2. The number of aromatic nitrogens is 1. The molecule has 7 heteroatoms. The molecule has 2 aromatic rings. The molecule has 126 valence electrons. The summed E-state index contributed by atoms with van der Waals surface area (Å²) in [5.74, 6) is -2.38. The second-order valence-corrected chi connectivity index (χ2v) is 5.27. The highest BCUT2D eigenvalue weighted by molar-refractivity contribution is 5.95. The minimum absolute atomic E-state index is 0.0912. The van der Waals surface area contributed by atoms with E-state index in [4.69, 9.17) is 10.8 Å². The zero-order chi connectivity index (χ0) is 17.7. The van der Waals surface area contributed by atoms with Crippen molar-refractivity contribution in [3.05, 3.63) is 53.6 Å². The second kappa shape index (κ2) is 7.65. The Hall–Kier alpha value is -2.80. The van der Waals surface area contributed by atoms with E-state index in [2.05, 4.69) is 10.3 Å². The van der Waals surface area contributed by atoms with Crippen LogP contribution in [-0.2, 0) is 11.2 Å². The lowest BCUT2D eigenvalue weighted by Crippen LogP contribution is -2.42. The molecule has 1 heterocycles. The standard InChI is InChI=1S/C17H18FN3O3/c1-2-10-3-4-20-8-14(10)11-5-12(7-13(18)6-11)16(22)21-9-15(19)17(23)24/h3-8,15H,2,9,19H2,1H3,(H,21,22)(H,23,24)/t15-/m1/s1. The number of nitrogens with one attached hydrogen (secondary N) is 1. The Morgan fingerprint density at radius 3 is 2.79 bits per heavy atom. The number of carbonyl (C=O) groups excluding carboxylic acids is 1. The lowest BCUT2D eigenvalue weighted by molar-refractivity contribution is -0.138. The topological polar surface area (TPSA) is 105 Å². The number of aryl methyl sites for hydroxylation is 1. The van der Waals surface area contributed by atoms with Crippen molar-refractivity contribution < 1.29 is 19.1 Å². The van der Waals surface area contributed by atoms with E-state index in [0.29, 0.717) is 5.56 Å². The molecular formula is C17H18FN3O3. The number of amides is 1. The Morgan fingerprint density at radius 1 is 1.38 bits per heavy atom. The third kappa shape index (κ3) is 4.14. The minimum atomic E-state index is -1.22. The molecule has 0 radical (unpaired) electrons. The number of nitrogens with two attached hydrogens (primary N) is 1. The molecule has 1 aromatic heterocycles. The molecule has 0 saturated heterocycles. The van der Waals surface area contributed by atoms with E-state index in [1.54, 1.807) is 18.5 Å². The molecule has 0 aliphatic carbocycles.